The normalized spacial score (nSPS) is 11.9. The lowest BCUT2D eigenvalue weighted by atomic mass is 10.2. The van der Waals surface area contributed by atoms with Crippen molar-refractivity contribution in [2.75, 3.05) is 14.2 Å². The molecule has 0 unspecified atom stereocenters. The maximum Gasteiger partial charge on any atom is 0.234 e. The number of rotatable bonds is 6. The average molecular weight is 483 g/mol. The third-order valence-corrected chi connectivity index (χ3v) is 4.12. The van der Waals surface area contributed by atoms with Gasteiger partial charge >= 0.3 is 0 Å². The Hall–Kier alpha value is -2.39. The number of halogens is 2. The molecule has 7 nitrogen and oxygen atoms in total. The van der Waals surface area contributed by atoms with Gasteiger partial charge in [-0.2, -0.15) is 10.2 Å². The van der Waals surface area contributed by atoms with Crippen molar-refractivity contribution in [2.24, 2.45) is 21.0 Å². The molecule has 0 saturated heterocycles. The highest BCUT2D eigenvalue weighted by Gasteiger charge is 2.01. The fraction of sp³-hybridized carbons (Fsp3) is 0.118. The van der Waals surface area contributed by atoms with Crippen LogP contribution < -0.4 is 20.6 Å². The first-order valence-corrected chi connectivity index (χ1v) is 8.94. The van der Waals surface area contributed by atoms with Crippen LogP contribution >= 0.6 is 31.9 Å². The second-order valence-electron chi connectivity index (χ2n) is 4.87. The van der Waals surface area contributed by atoms with E-state index in [4.69, 9.17) is 15.2 Å². The Morgan fingerprint density at radius 1 is 0.962 bits per heavy atom. The predicted octanol–water partition coefficient (Wildman–Crippen LogP) is 3.50. The van der Waals surface area contributed by atoms with Gasteiger partial charge in [0.05, 0.1) is 26.6 Å². The molecule has 0 amide bonds. The Bertz CT molecular complexity index is 853. The first-order valence-electron chi connectivity index (χ1n) is 7.36. The summed E-state index contributed by atoms with van der Waals surface area (Å²) >= 11 is 6.80. The van der Waals surface area contributed by atoms with Gasteiger partial charge < -0.3 is 15.2 Å². The van der Waals surface area contributed by atoms with E-state index in [1.54, 1.807) is 26.6 Å². The third-order valence-electron chi connectivity index (χ3n) is 3.13. The molecular weight excluding hydrogens is 466 g/mol. The van der Waals surface area contributed by atoms with Crippen molar-refractivity contribution in [3.05, 3.63) is 56.5 Å². The Morgan fingerprint density at radius 2 is 1.50 bits per heavy atom. The molecule has 0 heterocycles. The first-order chi connectivity index (χ1) is 12.5. The zero-order chi connectivity index (χ0) is 18.9. The molecule has 3 N–H and O–H groups in total. The number of nitrogens with one attached hydrogen (secondary N) is 1. The molecule has 2 aromatic carbocycles. The van der Waals surface area contributed by atoms with Gasteiger partial charge in [-0.05, 0) is 36.4 Å². The van der Waals surface area contributed by atoms with Crippen LogP contribution in [0.1, 0.15) is 11.1 Å². The fourth-order valence-corrected chi connectivity index (χ4v) is 2.71. The van der Waals surface area contributed by atoms with Crippen LogP contribution in [0.15, 0.2) is 60.6 Å². The summed E-state index contributed by atoms with van der Waals surface area (Å²) in [5.41, 5.74) is 9.88. The zero-order valence-electron chi connectivity index (χ0n) is 14.1. The summed E-state index contributed by atoms with van der Waals surface area (Å²) in [6.45, 7) is 0. The number of guanidine groups is 1. The largest absolute Gasteiger partial charge is 0.496 e. The minimum absolute atomic E-state index is 0.0421. The number of hydrazone groups is 1. The SMILES string of the molecule is COc1ccc(Br)cc1C=NN=C(N)NN=Cc1cc(Br)ccc1OC. The molecule has 9 heteroatoms. The van der Waals surface area contributed by atoms with Gasteiger partial charge in [0, 0.05) is 20.1 Å². The molecule has 2 aromatic rings. The summed E-state index contributed by atoms with van der Waals surface area (Å²) in [6.07, 6.45) is 3.12. The standard InChI is InChI=1S/C17H17Br2N5O2/c1-25-15-5-3-13(18)7-11(15)9-21-23-17(20)24-22-10-12-8-14(19)4-6-16(12)26-2/h3-10H,1-2H3,(H3,20,23,24). The van der Waals surface area contributed by atoms with Gasteiger partial charge in [0.2, 0.25) is 5.96 Å². The topological polar surface area (TPSA) is 93.6 Å². The smallest absolute Gasteiger partial charge is 0.234 e. The number of nitrogens with two attached hydrogens (primary N) is 1. The molecule has 26 heavy (non-hydrogen) atoms. The minimum Gasteiger partial charge on any atom is -0.496 e. The van der Waals surface area contributed by atoms with Crippen LogP contribution in [-0.2, 0) is 0 Å². The van der Waals surface area contributed by atoms with E-state index < -0.39 is 0 Å². The second-order valence-corrected chi connectivity index (χ2v) is 6.70. The van der Waals surface area contributed by atoms with Crippen LogP contribution in [0.4, 0.5) is 0 Å². The lowest BCUT2D eigenvalue weighted by molar-refractivity contribution is 0.414. The maximum absolute atomic E-state index is 5.73. The van der Waals surface area contributed by atoms with E-state index in [0.717, 1.165) is 20.1 Å². The number of hydrogen-bond acceptors (Lipinski definition) is 5. The lowest BCUT2D eigenvalue weighted by Crippen LogP contribution is -2.26. The van der Waals surface area contributed by atoms with Crippen LogP contribution in [0, 0.1) is 0 Å². The Labute approximate surface area is 168 Å². The molecule has 0 spiro atoms. The minimum atomic E-state index is 0.0421. The van der Waals surface area contributed by atoms with E-state index in [-0.39, 0.29) is 5.96 Å². The van der Waals surface area contributed by atoms with Crippen LogP contribution in [0.2, 0.25) is 0 Å². The first kappa shape index (κ1) is 19.9. The molecule has 0 atom stereocenters. The molecule has 0 saturated carbocycles. The van der Waals surface area contributed by atoms with E-state index in [1.807, 2.05) is 36.4 Å². The highest BCUT2D eigenvalue weighted by molar-refractivity contribution is 9.10. The zero-order valence-corrected chi connectivity index (χ0v) is 17.3. The van der Waals surface area contributed by atoms with Crippen LogP contribution in [0.3, 0.4) is 0 Å². The number of hydrogen-bond donors (Lipinski definition) is 2. The number of nitrogens with zero attached hydrogens (tertiary/aromatic N) is 3. The highest BCUT2D eigenvalue weighted by Crippen LogP contribution is 2.22. The number of methoxy groups -OCH3 is 2. The van der Waals surface area contributed by atoms with Crippen molar-refractivity contribution < 1.29 is 9.47 Å². The van der Waals surface area contributed by atoms with Gasteiger partial charge in [0.15, 0.2) is 0 Å². The highest BCUT2D eigenvalue weighted by atomic mass is 79.9. The molecular formula is C17H17Br2N5O2. The van der Waals surface area contributed by atoms with Crippen LogP contribution in [0.25, 0.3) is 0 Å². The third kappa shape index (κ3) is 5.85. The van der Waals surface area contributed by atoms with E-state index in [9.17, 15) is 0 Å². The molecule has 0 fully saturated rings. The molecule has 0 aliphatic heterocycles. The van der Waals surface area contributed by atoms with Crippen molar-refractivity contribution in [1.29, 1.82) is 0 Å². The van der Waals surface area contributed by atoms with Gasteiger partial charge in [-0.15, -0.1) is 5.10 Å². The summed E-state index contributed by atoms with van der Waals surface area (Å²) in [5.74, 6) is 1.41. The van der Waals surface area contributed by atoms with Gasteiger partial charge in [-0.25, -0.2) is 5.43 Å². The van der Waals surface area contributed by atoms with Crippen molar-refractivity contribution in [2.45, 2.75) is 0 Å². The van der Waals surface area contributed by atoms with E-state index in [2.05, 4.69) is 52.6 Å². The van der Waals surface area contributed by atoms with E-state index in [0.29, 0.717) is 11.5 Å². The van der Waals surface area contributed by atoms with Gasteiger partial charge in [-0.3, -0.25) is 0 Å². The second kappa shape index (κ2) is 9.93. The summed E-state index contributed by atoms with van der Waals surface area (Å²) in [5, 5.41) is 11.8. The average Bonchev–Trinajstić information content (AvgIpc) is 2.62. The molecule has 0 bridgehead atoms. The summed E-state index contributed by atoms with van der Waals surface area (Å²) in [6, 6.07) is 11.1. The quantitative estimate of drug-likeness (QED) is 0.374. The fourth-order valence-electron chi connectivity index (χ4n) is 1.96. The van der Waals surface area contributed by atoms with Crippen LogP contribution in [0.5, 0.6) is 11.5 Å². The summed E-state index contributed by atoms with van der Waals surface area (Å²) in [7, 11) is 3.18. The molecule has 136 valence electrons. The van der Waals surface area contributed by atoms with Crippen molar-refractivity contribution >= 4 is 50.2 Å². The van der Waals surface area contributed by atoms with Crippen LogP contribution in [-0.4, -0.2) is 32.6 Å². The van der Waals surface area contributed by atoms with Crippen molar-refractivity contribution in [1.82, 2.24) is 5.43 Å². The molecule has 0 aliphatic rings. The Balaban J connectivity index is 2.03. The predicted molar refractivity (Wildman–Crippen MR) is 111 cm³/mol. The molecule has 0 radical (unpaired) electrons. The molecule has 2 rings (SSSR count). The molecule has 0 aromatic heterocycles. The van der Waals surface area contributed by atoms with Crippen molar-refractivity contribution in [3.63, 3.8) is 0 Å². The lowest BCUT2D eigenvalue weighted by Gasteiger charge is -2.04. The number of ether oxygens (including phenoxy) is 2. The van der Waals surface area contributed by atoms with Gasteiger partial charge in [-0.1, -0.05) is 31.9 Å². The molecule has 0 aliphatic carbocycles. The van der Waals surface area contributed by atoms with Gasteiger partial charge in [0.25, 0.3) is 0 Å². The Kier molecular flexibility index (Phi) is 7.61. The Morgan fingerprint density at radius 3 is 2.04 bits per heavy atom. The van der Waals surface area contributed by atoms with Crippen molar-refractivity contribution in [3.8, 4) is 11.5 Å². The maximum atomic E-state index is 5.73. The van der Waals surface area contributed by atoms with Gasteiger partial charge in [0.1, 0.15) is 11.5 Å². The van der Waals surface area contributed by atoms with E-state index >= 15 is 0 Å². The number of benzene rings is 2. The van der Waals surface area contributed by atoms with E-state index in [1.165, 1.54) is 0 Å². The summed E-state index contributed by atoms with van der Waals surface area (Å²) in [4.78, 5) is 0. The monoisotopic (exact) mass is 481 g/mol. The summed E-state index contributed by atoms with van der Waals surface area (Å²) < 4.78 is 12.3.